The smallest absolute Gasteiger partial charge is 0.457 e. The van der Waals surface area contributed by atoms with Crippen molar-refractivity contribution in [2.24, 2.45) is 28.6 Å². The third-order valence-corrected chi connectivity index (χ3v) is 9.24. The van der Waals surface area contributed by atoms with Crippen molar-refractivity contribution in [3.8, 4) is 0 Å². The highest BCUT2D eigenvalue weighted by Gasteiger charge is 2.70. The minimum atomic E-state index is -1.56. The molecule has 4 rings (SSSR count). The molecule has 0 radical (unpaired) electrons. The van der Waals surface area contributed by atoms with E-state index in [0.717, 1.165) is 18.4 Å². The molecule has 0 amide bonds. The second-order valence-corrected chi connectivity index (χ2v) is 10.8. The van der Waals surface area contributed by atoms with Gasteiger partial charge in [-0.3, -0.25) is 14.4 Å². The minimum Gasteiger partial charge on any atom is -0.457 e. The summed E-state index contributed by atoms with van der Waals surface area (Å²) in [4.78, 5) is 50.0. The summed E-state index contributed by atoms with van der Waals surface area (Å²) < 4.78 is 16.0. The first-order valence-corrected chi connectivity index (χ1v) is 12.7. The molecule has 4 aliphatic carbocycles. The van der Waals surface area contributed by atoms with Gasteiger partial charge >= 0.3 is 12.1 Å². The second-order valence-electron chi connectivity index (χ2n) is 10.8. The molecule has 35 heavy (non-hydrogen) atoms. The Morgan fingerprint density at radius 3 is 2.57 bits per heavy atom. The molecule has 0 spiro atoms. The maximum atomic E-state index is 13.6. The number of ether oxygens (including phenoxy) is 3. The Morgan fingerprint density at radius 2 is 1.89 bits per heavy atom. The summed E-state index contributed by atoms with van der Waals surface area (Å²) in [7, 11) is 0. The standard InChI is InChI=1S/C27H36O8/c1-5-22(31)34-15-21(30)27(35-24(32)33-6-2)12-10-19-18-8-7-16-13-17(28)9-11-25(16,3)23(18)20(29)14-26(19,27)4/h9,11,13,18-20,23,29H,5-8,10,12,14-15H2,1-4H3/t18-,19+,20+,23+,25+,26+,27-/m0/s1. The van der Waals surface area contributed by atoms with Crippen molar-refractivity contribution in [1.29, 1.82) is 0 Å². The van der Waals surface area contributed by atoms with E-state index in [1.54, 1.807) is 26.0 Å². The molecule has 0 aromatic heterocycles. The molecule has 192 valence electrons. The Kier molecular flexibility index (Phi) is 6.72. The van der Waals surface area contributed by atoms with Crippen LogP contribution < -0.4 is 0 Å². The highest BCUT2D eigenvalue weighted by atomic mass is 16.7. The SMILES string of the molecule is CCOC(=O)O[C@]1(C(=O)COC(=O)CC)CC[C@@H]2[C@@H]3CCC4=CC(=O)C=C[C@@]4(C)[C@H]3[C@H](O)C[C@]21C. The zero-order valence-corrected chi connectivity index (χ0v) is 21.0. The minimum absolute atomic E-state index is 0.000515. The average molecular weight is 489 g/mol. The third kappa shape index (κ3) is 3.94. The number of hydrogen-bond donors (Lipinski definition) is 1. The second kappa shape index (κ2) is 9.19. The van der Waals surface area contributed by atoms with Crippen molar-refractivity contribution in [2.75, 3.05) is 13.2 Å². The summed E-state index contributed by atoms with van der Waals surface area (Å²) in [5.74, 6) is -1.06. The number of fused-ring (bicyclic) bond motifs is 5. The number of rotatable bonds is 6. The van der Waals surface area contributed by atoms with Gasteiger partial charge in [0.25, 0.3) is 0 Å². The molecule has 3 fully saturated rings. The van der Waals surface area contributed by atoms with Crippen LogP contribution in [-0.2, 0) is 28.6 Å². The van der Waals surface area contributed by atoms with E-state index < -0.39 is 47.0 Å². The van der Waals surface area contributed by atoms with Crippen LogP contribution in [0.4, 0.5) is 4.79 Å². The van der Waals surface area contributed by atoms with E-state index in [-0.39, 0.29) is 49.4 Å². The maximum absolute atomic E-state index is 13.6. The van der Waals surface area contributed by atoms with Gasteiger partial charge in [-0.15, -0.1) is 0 Å². The molecule has 0 unspecified atom stereocenters. The fourth-order valence-corrected chi connectivity index (χ4v) is 7.65. The van der Waals surface area contributed by atoms with Crippen LogP contribution in [-0.4, -0.2) is 53.7 Å². The van der Waals surface area contributed by atoms with Gasteiger partial charge in [0.1, 0.15) is 0 Å². The summed E-state index contributed by atoms with van der Waals surface area (Å²) in [6.45, 7) is 6.90. The first-order chi connectivity index (χ1) is 16.5. The summed E-state index contributed by atoms with van der Waals surface area (Å²) in [6.07, 6.45) is 6.31. The molecule has 8 heteroatoms. The maximum Gasteiger partial charge on any atom is 0.509 e. The zero-order valence-electron chi connectivity index (χ0n) is 21.0. The Bertz CT molecular complexity index is 982. The monoisotopic (exact) mass is 488 g/mol. The van der Waals surface area contributed by atoms with Crippen molar-refractivity contribution >= 4 is 23.7 Å². The van der Waals surface area contributed by atoms with Gasteiger partial charge in [-0.25, -0.2) is 4.79 Å². The molecule has 8 nitrogen and oxygen atoms in total. The molecule has 0 aromatic rings. The number of hydrogen-bond acceptors (Lipinski definition) is 8. The van der Waals surface area contributed by atoms with Gasteiger partial charge in [0, 0.05) is 23.2 Å². The van der Waals surface area contributed by atoms with Crippen LogP contribution >= 0.6 is 0 Å². The summed E-state index contributed by atoms with van der Waals surface area (Å²) in [5.41, 5.74) is -1.81. The zero-order chi connectivity index (χ0) is 25.6. The highest BCUT2D eigenvalue weighted by Crippen LogP contribution is 2.67. The normalized spacial score (nSPS) is 39.6. The highest BCUT2D eigenvalue weighted by molar-refractivity contribution is 6.01. The van der Waals surface area contributed by atoms with Crippen molar-refractivity contribution in [1.82, 2.24) is 0 Å². The van der Waals surface area contributed by atoms with Crippen molar-refractivity contribution in [3.05, 3.63) is 23.8 Å². The van der Waals surface area contributed by atoms with Gasteiger partial charge < -0.3 is 19.3 Å². The molecule has 0 bridgehead atoms. The number of carbonyl (C=O) groups excluding carboxylic acids is 4. The summed E-state index contributed by atoms with van der Waals surface area (Å²) in [5, 5.41) is 11.6. The molecule has 7 atom stereocenters. The van der Waals surface area contributed by atoms with Gasteiger partial charge in [0.15, 0.2) is 18.0 Å². The van der Waals surface area contributed by atoms with Gasteiger partial charge in [0.05, 0.1) is 12.7 Å². The van der Waals surface area contributed by atoms with Crippen LogP contribution in [0.1, 0.15) is 66.2 Å². The Morgan fingerprint density at radius 1 is 1.14 bits per heavy atom. The lowest BCUT2D eigenvalue weighted by molar-refractivity contribution is -0.185. The van der Waals surface area contributed by atoms with Gasteiger partial charge in [-0.05, 0) is 63.0 Å². The van der Waals surface area contributed by atoms with Gasteiger partial charge in [-0.1, -0.05) is 32.4 Å². The fourth-order valence-electron chi connectivity index (χ4n) is 7.65. The molecule has 0 heterocycles. The van der Waals surface area contributed by atoms with E-state index in [9.17, 15) is 24.3 Å². The Balaban J connectivity index is 1.70. The van der Waals surface area contributed by atoms with E-state index in [2.05, 4.69) is 6.92 Å². The van der Waals surface area contributed by atoms with Crippen molar-refractivity contribution < 1.29 is 38.5 Å². The largest absolute Gasteiger partial charge is 0.509 e. The summed E-state index contributed by atoms with van der Waals surface area (Å²) >= 11 is 0. The Labute approximate surface area is 206 Å². The van der Waals surface area contributed by atoms with E-state index in [1.165, 1.54) is 0 Å². The molecule has 0 saturated heterocycles. The van der Waals surface area contributed by atoms with Crippen LogP contribution in [0.25, 0.3) is 0 Å². The molecule has 0 aliphatic heterocycles. The lowest BCUT2D eigenvalue weighted by Gasteiger charge is -2.59. The number of carbonyl (C=O) groups is 4. The van der Waals surface area contributed by atoms with E-state index >= 15 is 0 Å². The van der Waals surface area contributed by atoms with Gasteiger partial charge in [0.2, 0.25) is 5.78 Å². The van der Waals surface area contributed by atoms with E-state index in [0.29, 0.717) is 6.42 Å². The fraction of sp³-hybridized carbons (Fsp3) is 0.704. The predicted molar refractivity (Wildman–Crippen MR) is 125 cm³/mol. The van der Waals surface area contributed by atoms with Crippen LogP contribution in [0.5, 0.6) is 0 Å². The summed E-state index contributed by atoms with van der Waals surface area (Å²) in [6, 6.07) is 0. The van der Waals surface area contributed by atoms with Crippen molar-refractivity contribution in [2.45, 2.75) is 77.9 Å². The molecule has 1 N–H and O–H groups in total. The molecule has 0 aromatic carbocycles. The van der Waals surface area contributed by atoms with Gasteiger partial charge in [-0.2, -0.15) is 0 Å². The average Bonchev–Trinajstić information content (AvgIpc) is 3.09. The lowest BCUT2D eigenvalue weighted by atomic mass is 9.46. The van der Waals surface area contributed by atoms with Crippen LogP contribution in [0.2, 0.25) is 0 Å². The number of aliphatic hydroxyl groups excluding tert-OH is 1. The number of esters is 1. The predicted octanol–water partition coefficient (Wildman–Crippen LogP) is 3.70. The Hall–Kier alpha value is -2.48. The van der Waals surface area contributed by atoms with E-state index in [1.807, 2.05) is 13.0 Å². The molecular weight excluding hydrogens is 452 g/mol. The lowest BCUT2D eigenvalue weighted by Crippen LogP contribution is -2.63. The van der Waals surface area contributed by atoms with Crippen LogP contribution in [0.3, 0.4) is 0 Å². The molecule has 3 saturated carbocycles. The van der Waals surface area contributed by atoms with E-state index in [4.69, 9.17) is 14.2 Å². The number of Topliss-reactive ketones (excluding diaryl/α,β-unsaturated/α-hetero) is 1. The molecular formula is C27H36O8. The molecule has 4 aliphatic rings. The quantitative estimate of drug-likeness (QED) is 0.563. The topological polar surface area (TPSA) is 116 Å². The first-order valence-electron chi connectivity index (χ1n) is 12.7. The number of aliphatic hydroxyl groups is 1. The number of allylic oxidation sites excluding steroid dienone is 4. The number of ketones is 2. The van der Waals surface area contributed by atoms with Crippen LogP contribution in [0, 0.1) is 28.6 Å². The van der Waals surface area contributed by atoms with Crippen LogP contribution in [0.15, 0.2) is 23.8 Å². The first kappa shape index (κ1) is 25.6. The van der Waals surface area contributed by atoms with Crippen molar-refractivity contribution in [3.63, 3.8) is 0 Å². The third-order valence-electron chi connectivity index (χ3n) is 9.24.